The van der Waals surface area contributed by atoms with Crippen molar-refractivity contribution in [3.05, 3.63) is 22.2 Å². The number of anilines is 1. The maximum Gasteiger partial charge on any atom is 0.351 e. The third-order valence-electron chi connectivity index (χ3n) is 3.20. The van der Waals surface area contributed by atoms with Gasteiger partial charge in [0.05, 0.1) is 30.7 Å². The predicted octanol–water partition coefficient (Wildman–Crippen LogP) is -1.76. The number of ether oxygens (including phenoxy) is 1. The number of nitrogens with one attached hydrogen (secondary N) is 3. The molecule has 9 nitrogen and oxygen atoms in total. The van der Waals surface area contributed by atoms with E-state index in [9.17, 15) is 9.90 Å². The summed E-state index contributed by atoms with van der Waals surface area (Å²) >= 11 is 0. The van der Waals surface area contributed by atoms with Crippen molar-refractivity contribution in [1.29, 1.82) is 5.41 Å². The Bertz CT molecular complexity index is 690. The number of hydrogen-bond acceptors (Lipinski definition) is 7. The minimum absolute atomic E-state index is 0.0489. The smallest absolute Gasteiger partial charge is 0.351 e. The summed E-state index contributed by atoms with van der Waals surface area (Å²) in [6, 6.07) is 0. The number of rotatable bonds is 3. The van der Waals surface area contributed by atoms with Crippen molar-refractivity contribution in [3.63, 3.8) is 0 Å². The molecule has 0 amide bonds. The zero-order valence-electron chi connectivity index (χ0n) is 12.8. The molecule has 1 aromatic rings. The van der Waals surface area contributed by atoms with Crippen molar-refractivity contribution in [1.82, 2.24) is 20.2 Å². The van der Waals surface area contributed by atoms with E-state index in [1.807, 2.05) is 0 Å². The lowest BCUT2D eigenvalue weighted by molar-refractivity contribution is -0.0967. The van der Waals surface area contributed by atoms with Gasteiger partial charge in [-0.3, -0.25) is 9.98 Å². The summed E-state index contributed by atoms with van der Waals surface area (Å²) in [5, 5.41) is 22.3. The molecule has 124 valence electrons. The van der Waals surface area contributed by atoms with Gasteiger partial charge in [0.1, 0.15) is 5.82 Å². The van der Waals surface area contributed by atoms with E-state index >= 15 is 0 Å². The molecular weight excluding hydrogens is 300 g/mol. The maximum absolute atomic E-state index is 12.0. The zero-order valence-corrected chi connectivity index (χ0v) is 12.8. The van der Waals surface area contributed by atoms with Gasteiger partial charge in [0.2, 0.25) is 0 Å². The highest BCUT2D eigenvalue weighted by Crippen LogP contribution is 2.14. The summed E-state index contributed by atoms with van der Waals surface area (Å²) < 4.78 is 6.95. The summed E-state index contributed by atoms with van der Waals surface area (Å²) in [4.78, 5) is 15.8. The fourth-order valence-electron chi connectivity index (χ4n) is 2.06. The third-order valence-corrected chi connectivity index (χ3v) is 3.20. The van der Waals surface area contributed by atoms with Crippen molar-refractivity contribution in [2.75, 3.05) is 32.0 Å². The molecule has 1 fully saturated rings. The summed E-state index contributed by atoms with van der Waals surface area (Å²) in [6.07, 6.45) is 0.539. The minimum Gasteiger partial charge on any atom is -0.394 e. The highest BCUT2D eigenvalue weighted by Gasteiger charge is 2.24. The Morgan fingerprint density at radius 1 is 1.70 bits per heavy atom. The molecule has 0 saturated carbocycles. The average molecular weight is 320 g/mol. The van der Waals surface area contributed by atoms with Crippen LogP contribution in [0.15, 0.2) is 11.0 Å². The lowest BCUT2D eigenvalue weighted by Gasteiger charge is -2.30. The molecule has 1 aliphatic rings. The Kier molecular flexibility index (Phi) is 5.70. The second kappa shape index (κ2) is 7.73. The molecule has 2 rings (SSSR count). The zero-order chi connectivity index (χ0) is 16.8. The molecule has 2 atom stereocenters. The number of morpholine rings is 1. The molecule has 1 aromatic heterocycles. The van der Waals surface area contributed by atoms with Crippen LogP contribution in [-0.4, -0.2) is 52.8 Å². The van der Waals surface area contributed by atoms with E-state index in [1.54, 1.807) is 6.92 Å². The van der Waals surface area contributed by atoms with Crippen LogP contribution in [0.1, 0.15) is 18.7 Å². The maximum atomic E-state index is 12.0. The molecule has 0 spiro atoms. The summed E-state index contributed by atoms with van der Waals surface area (Å²) in [7, 11) is 0. The van der Waals surface area contributed by atoms with Gasteiger partial charge < -0.3 is 26.2 Å². The standard InChI is InChI=1S/C14H20N6O3/c1-9(15)18-4-2-3-10-7-20(14(22)19-13(10)16)12-6-17-5-11(8-21)23-12/h7,11-12,17,21H,4-6,8H2,1H3,(H2,15,18)(H2,16,19,22). The van der Waals surface area contributed by atoms with Crippen LogP contribution in [0.4, 0.5) is 5.82 Å². The Labute approximate surface area is 133 Å². The van der Waals surface area contributed by atoms with E-state index in [1.165, 1.54) is 10.8 Å². The molecule has 9 heteroatoms. The number of aromatic nitrogens is 2. The van der Waals surface area contributed by atoms with Gasteiger partial charge in [-0.1, -0.05) is 11.8 Å². The Morgan fingerprint density at radius 3 is 3.17 bits per heavy atom. The molecule has 0 aromatic carbocycles. The number of amidine groups is 1. The lowest BCUT2D eigenvalue weighted by Crippen LogP contribution is -2.46. The first-order valence-electron chi connectivity index (χ1n) is 7.15. The molecule has 0 radical (unpaired) electrons. The largest absolute Gasteiger partial charge is 0.394 e. The van der Waals surface area contributed by atoms with Gasteiger partial charge in [0, 0.05) is 19.3 Å². The fraction of sp³-hybridized carbons (Fsp3) is 0.500. The van der Waals surface area contributed by atoms with Crippen molar-refractivity contribution in [3.8, 4) is 11.8 Å². The van der Waals surface area contributed by atoms with Crippen molar-refractivity contribution < 1.29 is 9.84 Å². The highest BCUT2D eigenvalue weighted by atomic mass is 16.5. The van der Waals surface area contributed by atoms with Crippen LogP contribution in [-0.2, 0) is 4.74 Å². The summed E-state index contributed by atoms with van der Waals surface area (Å²) in [5.74, 6) is 5.99. The molecule has 2 unspecified atom stereocenters. The first kappa shape index (κ1) is 17.0. The molecule has 1 saturated heterocycles. The lowest BCUT2D eigenvalue weighted by atomic mass is 10.3. The van der Waals surface area contributed by atoms with Crippen LogP contribution in [0.3, 0.4) is 0 Å². The molecule has 1 aliphatic heterocycles. The van der Waals surface area contributed by atoms with E-state index in [0.29, 0.717) is 31.0 Å². The number of aliphatic hydroxyl groups excluding tert-OH is 1. The average Bonchev–Trinajstić information content (AvgIpc) is 2.53. The topological polar surface area (TPSA) is 138 Å². The fourth-order valence-corrected chi connectivity index (χ4v) is 2.06. The van der Waals surface area contributed by atoms with Gasteiger partial charge in [0.15, 0.2) is 6.23 Å². The monoisotopic (exact) mass is 320 g/mol. The molecular formula is C14H20N6O3. The first-order valence-corrected chi connectivity index (χ1v) is 7.15. The SMILES string of the molecule is CC(=N)NCC#Cc1cn(C2CNCC(CO)O2)c(=O)nc1N. The van der Waals surface area contributed by atoms with Crippen LogP contribution in [0.2, 0.25) is 0 Å². The van der Waals surface area contributed by atoms with Crippen LogP contribution in [0, 0.1) is 17.3 Å². The van der Waals surface area contributed by atoms with Crippen molar-refractivity contribution in [2.45, 2.75) is 19.3 Å². The van der Waals surface area contributed by atoms with Gasteiger partial charge in [-0.2, -0.15) is 4.98 Å². The van der Waals surface area contributed by atoms with Gasteiger partial charge in [-0.05, 0) is 6.92 Å². The third kappa shape index (κ3) is 4.53. The van der Waals surface area contributed by atoms with Crippen LogP contribution in [0.5, 0.6) is 0 Å². The van der Waals surface area contributed by atoms with Crippen LogP contribution >= 0.6 is 0 Å². The molecule has 23 heavy (non-hydrogen) atoms. The van der Waals surface area contributed by atoms with Gasteiger partial charge in [0.25, 0.3) is 0 Å². The number of nitrogens with two attached hydrogens (primary N) is 1. The van der Waals surface area contributed by atoms with Crippen LogP contribution in [0.25, 0.3) is 0 Å². The number of nitrogen functional groups attached to an aromatic ring is 1. The van der Waals surface area contributed by atoms with Crippen LogP contribution < -0.4 is 22.1 Å². The number of nitrogens with zero attached hydrogens (tertiary/aromatic N) is 2. The minimum atomic E-state index is -0.580. The van der Waals surface area contributed by atoms with E-state index < -0.39 is 11.9 Å². The Hall–Kier alpha value is -2.41. The number of hydrogen-bond donors (Lipinski definition) is 5. The first-order chi connectivity index (χ1) is 11.0. The van der Waals surface area contributed by atoms with Crippen molar-refractivity contribution >= 4 is 11.7 Å². The number of aliphatic hydroxyl groups is 1. The molecule has 0 bridgehead atoms. The molecule has 0 aliphatic carbocycles. The quantitative estimate of drug-likeness (QED) is 0.253. The second-order valence-electron chi connectivity index (χ2n) is 5.06. The Balaban J connectivity index is 2.22. The Morgan fingerprint density at radius 2 is 2.48 bits per heavy atom. The van der Waals surface area contributed by atoms with Gasteiger partial charge in [-0.15, -0.1) is 0 Å². The van der Waals surface area contributed by atoms with E-state index in [0.717, 1.165) is 0 Å². The summed E-state index contributed by atoms with van der Waals surface area (Å²) in [6.45, 7) is 2.71. The second-order valence-corrected chi connectivity index (χ2v) is 5.06. The van der Waals surface area contributed by atoms with Crippen molar-refractivity contribution in [2.24, 2.45) is 0 Å². The van der Waals surface area contributed by atoms with E-state index in [-0.39, 0.29) is 18.5 Å². The van der Waals surface area contributed by atoms with E-state index in [2.05, 4.69) is 27.5 Å². The summed E-state index contributed by atoms with van der Waals surface area (Å²) in [5.41, 5.74) is 5.60. The molecule has 2 heterocycles. The van der Waals surface area contributed by atoms with E-state index in [4.69, 9.17) is 15.9 Å². The molecule has 6 N–H and O–H groups in total. The van der Waals surface area contributed by atoms with Gasteiger partial charge in [-0.25, -0.2) is 4.79 Å². The highest BCUT2D eigenvalue weighted by molar-refractivity contribution is 5.76. The van der Waals surface area contributed by atoms with Gasteiger partial charge >= 0.3 is 5.69 Å². The normalized spacial score (nSPS) is 20.4. The predicted molar refractivity (Wildman–Crippen MR) is 85.1 cm³/mol.